The minimum absolute atomic E-state index is 0.0250. The van der Waals surface area contributed by atoms with Crippen LogP contribution in [0.15, 0.2) is 29.3 Å². The van der Waals surface area contributed by atoms with E-state index < -0.39 is 10.0 Å². The fourth-order valence-corrected chi connectivity index (χ4v) is 4.19. The fourth-order valence-electron chi connectivity index (χ4n) is 2.69. The zero-order valence-electron chi connectivity index (χ0n) is 16.7. The van der Waals surface area contributed by atoms with Crippen molar-refractivity contribution in [1.29, 1.82) is 0 Å². The number of sulfonamides is 1. The van der Waals surface area contributed by atoms with Crippen LogP contribution in [0.25, 0.3) is 0 Å². The topological polar surface area (TPSA) is 82.6 Å². The predicted molar refractivity (Wildman–Crippen MR) is 110 cm³/mol. The van der Waals surface area contributed by atoms with Gasteiger partial charge in [0.15, 0.2) is 5.96 Å². The molecule has 0 heterocycles. The molecule has 0 aliphatic heterocycles. The Morgan fingerprint density at radius 2 is 1.69 bits per heavy atom. The number of hydrogen-bond donors (Lipinski definition) is 3. The summed E-state index contributed by atoms with van der Waals surface area (Å²) in [5, 5.41) is 6.62. The highest BCUT2D eigenvalue weighted by Gasteiger charge is 2.15. The molecule has 0 atom stereocenters. The molecule has 0 spiro atoms. The molecule has 6 nitrogen and oxygen atoms in total. The highest BCUT2D eigenvalue weighted by atomic mass is 32.2. The molecule has 0 aliphatic rings. The molecule has 0 unspecified atom stereocenters. The zero-order chi connectivity index (χ0) is 19.6. The molecule has 0 fully saturated rings. The lowest BCUT2D eigenvalue weighted by Gasteiger charge is -2.18. The molecule has 1 aromatic rings. The Hall–Kier alpha value is -1.60. The molecule has 0 radical (unpaired) electrons. The first kappa shape index (κ1) is 22.4. The van der Waals surface area contributed by atoms with Gasteiger partial charge in [-0.2, -0.15) is 0 Å². The number of rotatable bonds is 10. The van der Waals surface area contributed by atoms with Crippen molar-refractivity contribution in [2.24, 2.45) is 10.9 Å². The number of guanidine groups is 1. The molecule has 0 saturated heterocycles. The van der Waals surface area contributed by atoms with Gasteiger partial charge >= 0.3 is 0 Å². The van der Waals surface area contributed by atoms with Crippen LogP contribution in [0, 0.1) is 5.92 Å². The van der Waals surface area contributed by atoms with Gasteiger partial charge < -0.3 is 10.6 Å². The molecule has 0 amide bonds. The van der Waals surface area contributed by atoms with Gasteiger partial charge in [-0.05, 0) is 30.9 Å². The lowest BCUT2D eigenvalue weighted by molar-refractivity contribution is 0.481. The summed E-state index contributed by atoms with van der Waals surface area (Å²) in [5.74, 6) is 1.32. The van der Waals surface area contributed by atoms with Gasteiger partial charge in [-0.3, -0.25) is 4.99 Å². The Morgan fingerprint density at radius 1 is 1.08 bits per heavy atom. The van der Waals surface area contributed by atoms with Crippen LogP contribution in [0.1, 0.15) is 51.7 Å². The van der Waals surface area contributed by atoms with E-state index in [9.17, 15) is 8.42 Å². The Kier molecular flexibility index (Phi) is 9.65. The van der Waals surface area contributed by atoms with Crippen molar-refractivity contribution in [3.63, 3.8) is 0 Å². The fraction of sp³-hybridized carbons (Fsp3) is 0.632. The Bertz CT molecular complexity index is 668. The van der Waals surface area contributed by atoms with Crippen LogP contribution in [0.4, 0.5) is 0 Å². The third-order valence-electron chi connectivity index (χ3n) is 4.26. The summed E-state index contributed by atoms with van der Waals surface area (Å²) in [6.07, 6.45) is 2.26. The molecule has 0 saturated carbocycles. The molecule has 0 aromatic heterocycles. The summed E-state index contributed by atoms with van der Waals surface area (Å²) >= 11 is 0. The first-order valence-corrected chi connectivity index (χ1v) is 11.0. The standard InChI is InChI=1S/C19H34N4O2S/c1-6-16(7-2)12-21-19(20-5)22-13-17-10-8-9-11-18(17)14-26(24,25)23-15(3)4/h8-11,15-16,23H,6-7,12-14H2,1-5H3,(H2,20,21,22). The third kappa shape index (κ3) is 8.19. The van der Waals surface area contributed by atoms with Gasteiger partial charge in [0.2, 0.25) is 10.0 Å². The first-order chi connectivity index (χ1) is 12.3. The number of nitrogens with zero attached hydrogens (tertiary/aromatic N) is 1. The normalized spacial score (nSPS) is 12.7. The SMILES string of the molecule is CCC(CC)CNC(=NC)NCc1ccccc1CS(=O)(=O)NC(C)C. The maximum Gasteiger partial charge on any atom is 0.216 e. The quantitative estimate of drug-likeness (QED) is 0.429. The van der Waals surface area contributed by atoms with Crippen LogP contribution < -0.4 is 15.4 Å². The van der Waals surface area contributed by atoms with Gasteiger partial charge in [0.05, 0.1) is 5.75 Å². The van der Waals surface area contributed by atoms with E-state index in [0.717, 1.165) is 36.5 Å². The van der Waals surface area contributed by atoms with Crippen molar-refractivity contribution in [3.8, 4) is 0 Å². The molecular formula is C19H34N4O2S. The molecule has 26 heavy (non-hydrogen) atoms. The second-order valence-electron chi connectivity index (χ2n) is 6.79. The monoisotopic (exact) mass is 382 g/mol. The van der Waals surface area contributed by atoms with Crippen LogP contribution in [0.2, 0.25) is 0 Å². The highest BCUT2D eigenvalue weighted by molar-refractivity contribution is 7.88. The molecule has 0 bridgehead atoms. The second kappa shape index (κ2) is 11.2. The lowest BCUT2D eigenvalue weighted by Crippen LogP contribution is -2.39. The minimum Gasteiger partial charge on any atom is -0.356 e. The Labute approximate surface area is 158 Å². The van der Waals surface area contributed by atoms with Crippen molar-refractivity contribution < 1.29 is 8.42 Å². The van der Waals surface area contributed by atoms with Gasteiger partial charge in [0.1, 0.15) is 0 Å². The van der Waals surface area contributed by atoms with E-state index in [4.69, 9.17) is 0 Å². The van der Waals surface area contributed by atoms with Crippen molar-refractivity contribution in [2.45, 2.75) is 58.9 Å². The molecule has 1 aromatic carbocycles. The van der Waals surface area contributed by atoms with Gasteiger partial charge in [-0.15, -0.1) is 0 Å². The summed E-state index contributed by atoms with van der Waals surface area (Å²) in [7, 11) is -1.61. The van der Waals surface area contributed by atoms with Gasteiger partial charge in [0.25, 0.3) is 0 Å². The van der Waals surface area contributed by atoms with E-state index in [-0.39, 0.29) is 11.8 Å². The molecule has 7 heteroatoms. The van der Waals surface area contributed by atoms with Crippen molar-refractivity contribution in [3.05, 3.63) is 35.4 Å². The minimum atomic E-state index is -3.35. The summed E-state index contributed by atoms with van der Waals surface area (Å²) in [6.45, 7) is 9.42. The maximum absolute atomic E-state index is 12.2. The number of aliphatic imine (C=N–C) groups is 1. The number of hydrogen-bond acceptors (Lipinski definition) is 3. The molecule has 3 N–H and O–H groups in total. The van der Waals surface area contributed by atoms with Crippen LogP contribution >= 0.6 is 0 Å². The van der Waals surface area contributed by atoms with Crippen LogP contribution in [0.3, 0.4) is 0 Å². The van der Waals surface area contributed by atoms with E-state index in [1.807, 2.05) is 38.1 Å². The number of benzene rings is 1. The first-order valence-electron chi connectivity index (χ1n) is 9.32. The van der Waals surface area contributed by atoms with Crippen molar-refractivity contribution in [2.75, 3.05) is 13.6 Å². The average molecular weight is 383 g/mol. The van der Waals surface area contributed by atoms with E-state index in [0.29, 0.717) is 12.5 Å². The van der Waals surface area contributed by atoms with Crippen LogP contribution in [-0.2, 0) is 22.3 Å². The van der Waals surface area contributed by atoms with Crippen LogP contribution in [-0.4, -0.2) is 34.0 Å². The zero-order valence-corrected chi connectivity index (χ0v) is 17.5. The van der Waals surface area contributed by atoms with Crippen LogP contribution in [0.5, 0.6) is 0 Å². The summed E-state index contributed by atoms with van der Waals surface area (Å²) < 4.78 is 27.1. The van der Waals surface area contributed by atoms with Gasteiger partial charge in [0, 0.05) is 26.2 Å². The van der Waals surface area contributed by atoms with Crippen molar-refractivity contribution >= 4 is 16.0 Å². The maximum atomic E-state index is 12.2. The summed E-state index contributed by atoms with van der Waals surface area (Å²) in [6, 6.07) is 7.48. The summed E-state index contributed by atoms with van der Waals surface area (Å²) in [4.78, 5) is 4.25. The molecule has 148 valence electrons. The van der Waals surface area contributed by atoms with E-state index in [2.05, 4.69) is 34.2 Å². The van der Waals surface area contributed by atoms with E-state index >= 15 is 0 Å². The van der Waals surface area contributed by atoms with Gasteiger partial charge in [-0.1, -0.05) is 51.0 Å². The highest BCUT2D eigenvalue weighted by Crippen LogP contribution is 2.12. The largest absolute Gasteiger partial charge is 0.356 e. The average Bonchev–Trinajstić information content (AvgIpc) is 2.58. The summed E-state index contributed by atoms with van der Waals surface area (Å²) in [5.41, 5.74) is 1.75. The molecule has 1 rings (SSSR count). The second-order valence-corrected chi connectivity index (χ2v) is 8.54. The Morgan fingerprint density at radius 3 is 2.23 bits per heavy atom. The smallest absolute Gasteiger partial charge is 0.216 e. The Balaban J connectivity index is 2.73. The van der Waals surface area contributed by atoms with E-state index in [1.54, 1.807) is 7.05 Å². The lowest BCUT2D eigenvalue weighted by atomic mass is 10.0. The predicted octanol–water partition coefficient (Wildman–Crippen LogP) is 2.62. The molecular weight excluding hydrogens is 348 g/mol. The van der Waals surface area contributed by atoms with E-state index in [1.165, 1.54) is 0 Å². The van der Waals surface area contributed by atoms with Gasteiger partial charge in [-0.25, -0.2) is 13.1 Å². The third-order valence-corrected chi connectivity index (χ3v) is 5.78. The van der Waals surface area contributed by atoms with Crippen molar-refractivity contribution in [1.82, 2.24) is 15.4 Å². The molecule has 0 aliphatic carbocycles. The number of nitrogens with one attached hydrogen (secondary N) is 3.